The Balaban J connectivity index is 3.36. The number of carbonyl (C=O) groups is 2. The quantitative estimate of drug-likeness (QED) is 0.0320. The number of nitrogens with one attached hydrogen (secondary N) is 1. The number of rotatable bonds is 70. The maximum Gasteiger partial charge on any atom is 0.305 e. The van der Waals surface area contributed by atoms with Crippen molar-refractivity contribution in [1.29, 1.82) is 0 Å². The highest BCUT2D eigenvalue weighted by atomic mass is 16.5. The first-order valence-electron chi connectivity index (χ1n) is 37.1. The molecule has 0 saturated heterocycles. The van der Waals surface area contributed by atoms with Gasteiger partial charge in [-0.05, 0) is 51.4 Å². The number of hydrogen-bond donors (Lipinski definition) is 3. The number of carbonyl (C=O) groups excluding carboxylic acids is 2. The van der Waals surface area contributed by atoms with Crippen LogP contribution in [-0.2, 0) is 14.3 Å². The maximum absolute atomic E-state index is 12.5. The van der Waals surface area contributed by atoms with Crippen LogP contribution in [0.25, 0.3) is 0 Å². The minimum Gasteiger partial charge on any atom is -0.466 e. The van der Waals surface area contributed by atoms with E-state index in [0.29, 0.717) is 19.4 Å². The lowest BCUT2D eigenvalue weighted by Crippen LogP contribution is -2.45. The van der Waals surface area contributed by atoms with E-state index in [2.05, 4.69) is 31.3 Å². The van der Waals surface area contributed by atoms with Crippen LogP contribution in [0.3, 0.4) is 0 Å². The summed E-state index contributed by atoms with van der Waals surface area (Å²) in [6.45, 7) is 4.91. The van der Waals surface area contributed by atoms with Gasteiger partial charge < -0.3 is 20.3 Å². The topological polar surface area (TPSA) is 95.9 Å². The third kappa shape index (κ3) is 67.3. The van der Waals surface area contributed by atoms with E-state index in [-0.39, 0.29) is 18.5 Å². The molecule has 0 bridgehead atoms. The summed E-state index contributed by atoms with van der Waals surface area (Å²) in [5.74, 6) is -0.0492. The first-order valence-corrected chi connectivity index (χ1v) is 37.1. The molecule has 0 spiro atoms. The molecule has 0 aliphatic heterocycles. The Kier molecular flexibility index (Phi) is 69.4. The summed E-state index contributed by atoms with van der Waals surface area (Å²) in [4.78, 5) is 24.5. The summed E-state index contributed by atoms with van der Waals surface area (Å²) in [6.07, 6.45) is 90.0. The van der Waals surface area contributed by atoms with Crippen LogP contribution in [0.1, 0.15) is 418 Å². The van der Waals surface area contributed by atoms with Crippen LogP contribution in [0.2, 0.25) is 0 Å². The van der Waals surface area contributed by atoms with Gasteiger partial charge in [-0.25, -0.2) is 0 Å². The molecule has 0 aromatic carbocycles. The molecule has 3 N–H and O–H groups in total. The first kappa shape index (κ1) is 79.3. The molecule has 0 fully saturated rings. The van der Waals surface area contributed by atoms with Gasteiger partial charge in [-0.2, -0.15) is 0 Å². The zero-order valence-corrected chi connectivity index (χ0v) is 55.0. The Labute approximate surface area is 507 Å². The van der Waals surface area contributed by atoms with Crippen LogP contribution in [0.5, 0.6) is 0 Å². The van der Waals surface area contributed by atoms with E-state index in [0.717, 1.165) is 44.9 Å². The summed E-state index contributed by atoms with van der Waals surface area (Å²) in [6, 6.07) is -0.625. The van der Waals surface area contributed by atoms with Crippen LogP contribution in [0.15, 0.2) is 24.3 Å². The van der Waals surface area contributed by atoms with Crippen LogP contribution in [0.4, 0.5) is 0 Å². The van der Waals surface area contributed by atoms with E-state index >= 15 is 0 Å². The van der Waals surface area contributed by atoms with Gasteiger partial charge in [-0.3, -0.25) is 9.59 Å². The summed E-state index contributed by atoms with van der Waals surface area (Å²) in [7, 11) is 0. The van der Waals surface area contributed by atoms with E-state index in [9.17, 15) is 19.8 Å². The van der Waals surface area contributed by atoms with E-state index in [1.807, 2.05) is 6.08 Å². The van der Waals surface area contributed by atoms with Crippen molar-refractivity contribution in [1.82, 2.24) is 5.32 Å². The van der Waals surface area contributed by atoms with Crippen molar-refractivity contribution in [3.05, 3.63) is 24.3 Å². The third-order valence-corrected chi connectivity index (χ3v) is 17.5. The van der Waals surface area contributed by atoms with Gasteiger partial charge in [0.1, 0.15) is 0 Å². The summed E-state index contributed by atoms with van der Waals surface area (Å²) in [5, 5.41) is 23.3. The van der Waals surface area contributed by atoms with Gasteiger partial charge in [0.15, 0.2) is 0 Å². The Morgan fingerprint density at radius 3 is 0.914 bits per heavy atom. The second kappa shape index (κ2) is 70.8. The summed E-state index contributed by atoms with van der Waals surface area (Å²) in [5.41, 5.74) is 0. The van der Waals surface area contributed by atoms with Crippen LogP contribution in [-0.4, -0.2) is 47.4 Å². The molecule has 6 nitrogen and oxygen atoms in total. The number of amides is 1. The van der Waals surface area contributed by atoms with Crippen LogP contribution >= 0.6 is 0 Å². The minimum absolute atomic E-state index is 0.00990. The van der Waals surface area contributed by atoms with Crippen LogP contribution < -0.4 is 5.32 Å². The molecule has 6 heteroatoms. The number of aliphatic hydroxyl groups excluding tert-OH is 2. The smallest absolute Gasteiger partial charge is 0.305 e. The number of unbranched alkanes of at least 4 members (excludes halogenated alkanes) is 57. The average Bonchev–Trinajstić information content (AvgIpc) is 3.47. The van der Waals surface area contributed by atoms with Gasteiger partial charge in [-0.1, -0.05) is 378 Å². The van der Waals surface area contributed by atoms with Crippen molar-refractivity contribution in [2.45, 2.75) is 431 Å². The lowest BCUT2D eigenvalue weighted by atomic mass is 10.0. The Morgan fingerprint density at radius 2 is 0.593 bits per heavy atom. The second-order valence-electron chi connectivity index (χ2n) is 25.6. The molecule has 0 rings (SSSR count). The molecule has 0 aliphatic carbocycles. The lowest BCUT2D eigenvalue weighted by Gasteiger charge is -2.20. The first-order chi connectivity index (χ1) is 40.0. The van der Waals surface area contributed by atoms with Crippen molar-refractivity contribution < 1.29 is 24.5 Å². The molecular weight excluding hydrogens is 995 g/mol. The van der Waals surface area contributed by atoms with Gasteiger partial charge in [0.05, 0.1) is 25.4 Å². The molecule has 81 heavy (non-hydrogen) atoms. The van der Waals surface area contributed by atoms with Crippen LogP contribution in [0, 0.1) is 0 Å². The molecule has 0 saturated carbocycles. The largest absolute Gasteiger partial charge is 0.466 e. The SMILES string of the molecule is CCCC/C=C\CCCCCCCC(=O)OCCCCCCCCCCCCCCCCCCCCCCCCCCCCCCCCCC(=O)NC(CO)C(O)/C=C/CCCCCCCCCCCCCCCCCCCCCC. The molecule has 0 aromatic rings. The van der Waals surface area contributed by atoms with Gasteiger partial charge in [0.2, 0.25) is 5.91 Å². The molecule has 0 heterocycles. The monoisotopic (exact) mass is 1140 g/mol. The molecule has 1 amide bonds. The highest BCUT2D eigenvalue weighted by Gasteiger charge is 2.18. The molecule has 480 valence electrons. The molecule has 2 atom stereocenters. The lowest BCUT2D eigenvalue weighted by molar-refractivity contribution is -0.143. The standard InChI is InChI=1S/C75H145NO5/c1-3-5-7-9-11-13-15-16-17-18-19-20-32-35-38-41-44-48-51-55-59-63-67-73(78)72(71-77)76-74(79)68-64-60-56-52-49-45-42-39-36-33-30-28-26-24-22-21-23-25-27-29-31-34-37-40-43-46-50-54-58-62-66-70-81-75(80)69-65-61-57-53-47-14-12-10-8-6-4-2/h10,12,63,67,72-73,77-78H,3-9,11,13-62,64-66,68-71H2,1-2H3,(H,76,79)/b12-10-,67-63+. The van der Waals surface area contributed by atoms with Gasteiger partial charge >= 0.3 is 5.97 Å². The fourth-order valence-electron chi connectivity index (χ4n) is 11.8. The Hall–Kier alpha value is -1.66. The summed E-state index contributed by atoms with van der Waals surface area (Å²) < 4.78 is 5.47. The predicted molar refractivity (Wildman–Crippen MR) is 356 cm³/mol. The van der Waals surface area contributed by atoms with E-state index in [4.69, 9.17) is 4.74 Å². The Bertz CT molecular complexity index is 1270. The third-order valence-electron chi connectivity index (χ3n) is 17.5. The molecule has 0 radical (unpaired) electrons. The van der Waals surface area contributed by atoms with Gasteiger partial charge in [0, 0.05) is 12.8 Å². The zero-order valence-electron chi connectivity index (χ0n) is 55.0. The molecule has 0 aromatic heterocycles. The highest BCUT2D eigenvalue weighted by Crippen LogP contribution is 2.19. The minimum atomic E-state index is -0.842. The fraction of sp³-hybridized carbons (Fsp3) is 0.920. The number of allylic oxidation sites excluding steroid dienone is 3. The zero-order chi connectivity index (χ0) is 58.5. The molecular formula is C75H145NO5. The number of ether oxygens (including phenoxy) is 1. The molecule has 2 unspecified atom stereocenters. The fourth-order valence-corrected chi connectivity index (χ4v) is 11.8. The predicted octanol–water partition coefficient (Wildman–Crippen LogP) is 24.1. The van der Waals surface area contributed by atoms with E-state index in [1.54, 1.807) is 6.08 Å². The molecule has 0 aliphatic rings. The maximum atomic E-state index is 12.5. The van der Waals surface area contributed by atoms with Crippen molar-refractivity contribution >= 4 is 11.9 Å². The highest BCUT2D eigenvalue weighted by molar-refractivity contribution is 5.76. The van der Waals surface area contributed by atoms with Crippen molar-refractivity contribution in [2.24, 2.45) is 0 Å². The normalized spacial score (nSPS) is 12.6. The van der Waals surface area contributed by atoms with Gasteiger partial charge in [-0.15, -0.1) is 0 Å². The van der Waals surface area contributed by atoms with E-state index < -0.39 is 12.1 Å². The van der Waals surface area contributed by atoms with Gasteiger partial charge in [0.25, 0.3) is 0 Å². The van der Waals surface area contributed by atoms with Crippen molar-refractivity contribution in [3.8, 4) is 0 Å². The Morgan fingerprint density at radius 1 is 0.333 bits per heavy atom. The summed E-state index contributed by atoms with van der Waals surface area (Å²) >= 11 is 0. The van der Waals surface area contributed by atoms with Crippen molar-refractivity contribution in [3.63, 3.8) is 0 Å². The van der Waals surface area contributed by atoms with Crippen molar-refractivity contribution in [2.75, 3.05) is 13.2 Å². The van der Waals surface area contributed by atoms with E-state index in [1.165, 1.54) is 347 Å². The average molecular weight is 1140 g/mol. The number of esters is 1. The second-order valence-corrected chi connectivity index (χ2v) is 25.6. The number of hydrogen-bond acceptors (Lipinski definition) is 5. The number of aliphatic hydroxyl groups is 2.